The van der Waals surface area contributed by atoms with Gasteiger partial charge in [0.05, 0.1) is 5.69 Å². The number of aromatic nitrogens is 2. The Labute approximate surface area is 112 Å². The van der Waals surface area contributed by atoms with Crippen LogP contribution in [0.1, 0.15) is 16.9 Å². The Morgan fingerprint density at radius 3 is 2.80 bits per heavy atom. The Morgan fingerprint density at radius 2 is 2.10 bits per heavy atom. The predicted molar refractivity (Wildman–Crippen MR) is 67.7 cm³/mol. The van der Waals surface area contributed by atoms with E-state index in [9.17, 15) is 14.4 Å². The number of aromatic carboxylic acids is 1. The Bertz CT molecular complexity index is 736. The highest BCUT2D eigenvalue weighted by Crippen LogP contribution is 2.18. The molecule has 8 nitrogen and oxygen atoms in total. The van der Waals surface area contributed by atoms with E-state index in [1.165, 1.54) is 15.5 Å². The fraction of sp³-hybridized carbons (Fsp3) is 0.167. The Hall–Kier alpha value is -2.90. The minimum Gasteiger partial charge on any atom is -0.476 e. The van der Waals surface area contributed by atoms with Crippen LogP contribution in [0.4, 0.5) is 10.5 Å². The lowest BCUT2D eigenvalue weighted by molar-refractivity contribution is -0.120. The first-order valence-electron chi connectivity index (χ1n) is 5.88. The van der Waals surface area contributed by atoms with E-state index in [1.54, 1.807) is 18.3 Å². The summed E-state index contributed by atoms with van der Waals surface area (Å²) in [4.78, 5) is 39.0. The van der Waals surface area contributed by atoms with Crippen LogP contribution in [0.5, 0.6) is 0 Å². The highest BCUT2D eigenvalue weighted by molar-refractivity contribution is 6.05. The molecule has 0 spiro atoms. The monoisotopic (exact) mass is 274 g/mol. The molecule has 0 atom stereocenters. The lowest BCUT2D eigenvalue weighted by atomic mass is 10.3. The lowest BCUT2D eigenvalue weighted by Crippen LogP contribution is -2.49. The number of nitrogens with one attached hydrogen (secondary N) is 1. The zero-order valence-corrected chi connectivity index (χ0v) is 10.2. The Morgan fingerprint density at radius 1 is 1.30 bits per heavy atom. The highest BCUT2D eigenvalue weighted by Gasteiger charge is 2.24. The summed E-state index contributed by atoms with van der Waals surface area (Å²) < 4.78 is 1.53. The third-order valence-electron chi connectivity index (χ3n) is 3.02. The summed E-state index contributed by atoms with van der Waals surface area (Å²) in [7, 11) is 0. The average Bonchev–Trinajstić information content (AvgIpc) is 2.81. The van der Waals surface area contributed by atoms with Gasteiger partial charge in [-0.1, -0.05) is 0 Å². The molecule has 1 saturated heterocycles. The van der Waals surface area contributed by atoms with Crippen LogP contribution in [-0.4, -0.2) is 38.9 Å². The number of carboxylic acids is 1. The zero-order valence-electron chi connectivity index (χ0n) is 10.2. The number of hydrogen-bond acceptors (Lipinski definition) is 4. The van der Waals surface area contributed by atoms with Crippen molar-refractivity contribution in [3.63, 3.8) is 0 Å². The number of pyridine rings is 1. The van der Waals surface area contributed by atoms with Crippen molar-refractivity contribution in [2.75, 3.05) is 11.4 Å². The molecule has 2 N–H and O–H groups in total. The van der Waals surface area contributed by atoms with E-state index in [2.05, 4.69) is 10.3 Å². The van der Waals surface area contributed by atoms with Crippen molar-refractivity contribution in [2.24, 2.45) is 0 Å². The summed E-state index contributed by atoms with van der Waals surface area (Å²) in [6.07, 6.45) is 3.20. The van der Waals surface area contributed by atoms with Crippen LogP contribution in [0.15, 0.2) is 24.5 Å². The third-order valence-corrected chi connectivity index (χ3v) is 3.02. The zero-order chi connectivity index (χ0) is 14.3. The molecule has 0 bridgehead atoms. The Kier molecular flexibility index (Phi) is 2.63. The molecule has 0 saturated carbocycles. The molecule has 2 aromatic heterocycles. The normalized spacial score (nSPS) is 15.5. The number of carboxylic acid groups (broad SMARTS) is 1. The number of amides is 3. The van der Waals surface area contributed by atoms with E-state index in [0.29, 0.717) is 11.3 Å². The fourth-order valence-corrected chi connectivity index (χ4v) is 2.05. The molecule has 1 fully saturated rings. The largest absolute Gasteiger partial charge is 0.476 e. The van der Waals surface area contributed by atoms with Crippen LogP contribution >= 0.6 is 0 Å². The van der Waals surface area contributed by atoms with Crippen LogP contribution < -0.4 is 10.2 Å². The van der Waals surface area contributed by atoms with E-state index in [0.717, 1.165) is 0 Å². The van der Waals surface area contributed by atoms with Crippen molar-refractivity contribution in [1.29, 1.82) is 0 Å². The number of imide groups is 1. The van der Waals surface area contributed by atoms with Gasteiger partial charge in [0.2, 0.25) is 5.91 Å². The maximum atomic E-state index is 11.7. The van der Waals surface area contributed by atoms with Crippen LogP contribution in [0.25, 0.3) is 5.65 Å². The van der Waals surface area contributed by atoms with Crippen molar-refractivity contribution in [3.05, 3.63) is 30.2 Å². The minimum absolute atomic E-state index is 0.0691. The van der Waals surface area contributed by atoms with Crippen LogP contribution in [0, 0.1) is 0 Å². The average molecular weight is 274 g/mol. The third kappa shape index (κ3) is 1.96. The second-order valence-corrected chi connectivity index (χ2v) is 4.34. The molecule has 102 valence electrons. The van der Waals surface area contributed by atoms with Gasteiger partial charge in [-0.05, 0) is 12.1 Å². The number of anilines is 1. The summed E-state index contributed by atoms with van der Waals surface area (Å²) in [6.45, 7) is 0.288. The predicted octanol–water partition coefficient (Wildman–Crippen LogP) is 0.479. The second kappa shape index (κ2) is 4.34. The maximum absolute atomic E-state index is 11.7. The van der Waals surface area contributed by atoms with Crippen LogP contribution in [0.3, 0.4) is 0 Å². The number of carbonyl (C=O) groups excluding carboxylic acids is 2. The molecule has 0 unspecified atom stereocenters. The van der Waals surface area contributed by atoms with Gasteiger partial charge in [0, 0.05) is 25.4 Å². The summed E-state index contributed by atoms with van der Waals surface area (Å²) in [5, 5.41) is 11.1. The van der Waals surface area contributed by atoms with Crippen molar-refractivity contribution in [3.8, 4) is 0 Å². The standard InChI is InChI=1S/C12H10N4O4/c17-10-3-4-16(12(20)14-10)7-1-2-9-13-8(11(18)19)6-15(9)5-7/h1-2,5-6H,3-4H2,(H,18,19)(H,14,17,20). The molecular formula is C12H10N4O4. The number of imidazole rings is 1. The van der Waals surface area contributed by atoms with E-state index in [-0.39, 0.29) is 24.6 Å². The fourth-order valence-electron chi connectivity index (χ4n) is 2.05. The summed E-state index contributed by atoms with van der Waals surface area (Å²) in [5.74, 6) is -1.42. The number of rotatable bonds is 2. The summed E-state index contributed by atoms with van der Waals surface area (Å²) in [5.41, 5.74) is 0.969. The molecule has 3 rings (SSSR count). The number of urea groups is 1. The van der Waals surface area contributed by atoms with Gasteiger partial charge >= 0.3 is 12.0 Å². The van der Waals surface area contributed by atoms with Gasteiger partial charge in [0.25, 0.3) is 0 Å². The van der Waals surface area contributed by atoms with E-state index >= 15 is 0 Å². The van der Waals surface area contributed by atoms with Crippen molar-refractivity contribution < 1.29 is 19.5 Å². The van der Waals surface area contributed by atoms with Gasteiger partial charge in [-0.2, -0.15) is 0 Å². The maximum Gasteiger partial charge on any atom is 0.356 e. The van der Waals surface area contributed by atoms with Crippen LogP contribution in [-0.2, 0) is 4.79 Å². The number of carbonyl (C=O) groups is 3. The Balaban J connectivity index is 1.98. The molecule has 0 radical (unpaired) electrons. The molecule has 8 heteroatoms. The van der Waals surface area contributed by atoms with Gasteiger partial charge in [-0.15, -0.1) is 0 Å². The van der Waals surface area contributed by atoms with E-state index in [1.807, 2.05) is 0 Å². The number of nitrogens with zero attached hydrogens (tertiary/aromatic N) is 3. The summed E-state index contributed by atoms with van der Waals surface area (Å²) in [6, 6.07) is 2.79. The van der Waals surface area contributed by atoms with E-state index in [4.69, 9.17) is 5.11 Å². The van der Waals surface area contributed by atoms with Crippen molar-refractivity contribution >= 4 is 29.2 Å². The number of hydrogen-bond donors (Lipinski definition) is 2. The quantitative estimate of drug-likeness (QED) is 0.828. The van der Waals surface area contributed by atoms with Gasteiger partial charge in [-0.25, -0.2) is 14.6 Å². The molecule has 1 aliphatic heterocycles. The highest BCUT2D eigenvalue weighted by atomic mass is 16.4. The van der Waals surface area contributed by atoms with E-state index < -0.39 is 12.0 Å². The van der Waals surface area contributed by atoms with Gasteiger partial charge in [-0.3, -0.25) is 15.0 Å². The first-order chi connectivity index (χ1) is 9.54. The molecule has 20 heavy (non-hydrogen) atoms. The molecule has 3 amide bonds. The lowest BCUT2D eigenvalue weighted by Gasteiger charge is -2.26. The van der Waals surface area contributed by atoms with Gasteiger partial charge < -0.3 is 9.51 Å². The van der Waals surface area contributed by atoms with Crippen molar-refractivity contribution in [2.45, 2.75) is 6.42 Å². The first-order valence-corrected chi connectivity index (χ1v) is 5.88. The SMILES string of the molecule is O=C1CCN(c2ccc3nc(C(=O)O)cn3c2)C(=O)N1. The van der Waals surface area contributed by atoms with Gasteiger partial charge in [0.15, 0.2) is 5.69 Å². The smallest absolute Gasteiger partial charge is 0.356 e. The first kappa shape index (κ1) is 12.2. The van der Waals surface area contributed by atoms with Crippen molar-refractivity contribution in [1.82, 2.24) is 14.7 Å². The molecule has 3 heterocycles. The summed E-state index contributed by atoms with van der Waals surface area (Å²) >= 11 is 0. The second-order valence-electron chi connectivity index (χ2n) is 4.34. The van der Waals surface area contributed by atoms with Gasteiger partial charge in [0.1, 0.15) is 5.65 Å². The molecule has 1 aliphatic rings. The minimum atomic E-state index is -1.11. The van der Waals surface area contributed by atoms with Crippen LogP contribution in [0.2, 0.25) is 0 Å². The molecule has 0 aromatic carbocycles. The number of fused-ring (bicyclic) bond motifs is 1. The molecular weight excluding hydrogens is 264 g/mol. The molecule has 0 aliphatic carbocycles. The topological polar surface area (TPSA) is 104 Å². The molecule has 2 aromatic rings.